The highest BCUT2D eigenvalue weighted by atomic mass is 16.6. The Morgan fingerprint density at radius 1 is 1.00 bits per heavy atom. The lowest BCUT2D eigenvalue weighted by Gasteiger charge is -2.31. The number of ether oxygens (including phenoxy) is 3. The number of fused-ring (bicyclic) bond motifs is 1. The molecule has 202 valence electrons. The molecule has 2 heterocycles. The van der Waals surface area contributed by atoms with Crippen molar-refractivity contribution in [1.82, 2.24) is 5.32 Å². The molecular weight excluding hydrogens is 508 g/mol. The molecule has 1 aliphatic rings. The van der Waals surface area contributed by atoms with Gasteiger partial charge in [-0.25, -0.2) is 14.4 Å². The topological polar surface area (TPSA) is 147 Å². The summed E-state index contributed by atoms with van der Waals surface area (Å²) < 4.78 is 21.8. The molecule has 39 heavy (non-hydrogen) atoms. The molecule has 1 aliphatic heterocycles. The Morgan fingerprint density at radius 2 is 1.69 bits per heavy atom. The molecule has 0 saturated carbocycles. The minimum Gasteiger partial charge on any atom is -0.486 e. The summed E-state index contributed by atoms with van der Waals surface area (Å²) in [6.45, 7) is 4.81. The summed E-state index contributed by atoms with van der Waals surface area (Å²) >= 11 is 0. The highest BCUT2D eigenvalue weighted by Crippen LogP contribution is 2.40. The number of para-hydroxylation sites is 1. The van der Waals surface area contributed by atoms with Gasteiger partial charge in [-0.1, -0.05) is 24.3 Å². The van der Waals surface area contributed by atoms with Crippen LogP contribution < -0.4 is 15.7 Å². The van der Waals surface area contributed by atoms with Crippen LogP contribution in [0.25, 0.3) is 11.0 Å². The van der Waals surface area contributed by atoms with E-state index in [1.807, 2.05) is 0 Å². The zero-order chi connectivity index (χ0) is 28.1. The Morgan fingerprint density at radius 3 is 2.38 bits per heavy atom. The van der Waals surface area contributed by atoms with E-state index in [-0.39, 0.29) is 48.1 Å². The van der Waals surface area contributed by atoms with E-state index in [9.17, 15) is 24.5 Å². The molecule has 1 atom stereocenters. The zero-order valence-corrected chi connectivity index (χ0v) is 21.5. The summed E-state index contributed by atoms with van der Waals surface area (Å²) in [6, 6.07) is 13.7. The minimum atomic E-state index is -1.06. The lowest BCUT2D eigenvalue weighted by molar-refractivity contribution is -0.384. The molecule has 0 spiro atoms. The van der Waals surface area contributed by atoms with Gasteiger partial charge in [0.1, 0.15) is 17.9 Å². The van der Waals surface area contributed by atoms with E-state index in [0.717, 1.165) is 0 Å². The molecule has 4 rings (SSSR count). The molecule has 0 fully saturated rings. The monoisotopic (exact) mass is 534 g/mol. The molecule has 1 unspecified atom stereocenters. The van der Waals surface area contributed by atoms with Crippen LogP contribution in [0.1, 0.15) is 32.3 Å². The average Bonchev–Trinajstić information content (AvgIpc) is 2.91. The van der Waals surface area contributed by atoms with Gasteiger partial charge in [0.2, 0.25) is 0 Å². The van der Waals surface area contributed by atoms with Crippen molar-refractivity contribution in [3.8, 4) is 5.75 Å². The molecule has 1 N–H and O–H groups in total. The molecule has 0 bridgehead atoms. The van der Waals surface area contributed by atoms with Crippen molar-refractivity contribution in [1.29, 1.82) is 0 Å². The van der Waals surface area contributed by atoms with Gasteiger partial charge in [-0.15, -0.1) is 0 Å². The number of hydrogen-bond donors (Lipinski definition) is 1. The third kappa shape index (κ3) is 5.66. The summed E-state index contributed by atoms with van der Waals surface area (Å²) in [5, 5.41) is 15.1. The first-order valence-electron chi connectivity index (χ1n) is 12.2. The SMILES string of the molecule is CCOC(=O)C1=C(C)NC(COc2cc(=O)oc3ccccc23)=C(C(=O)OCC)C1c1cccc([N+](=O)[O-])c1. The lowest BCUT2D eigenvalue weighted by Crippen LogP contribution is -2.35. The highest BCUT2D eigenvalue weighted by Gasteiger charge is 2.39. The number of allylic oxidation sites excluding steroid dienone is 1. The number of esters is 2. The van der Waals surface area contributed by atoms with E-state index in [1.54, 1.807) is 51.1 Å². The van der Waals surface area contributed by atoms with Crippen LogP contribution in [-0.4, -0.2) is 36.7 Å². The van der Waals surface area contributed by atoms with E-state index in [2.05, 4.69) is 5.32 Å². The van der Waals surface area contributed by atoms with E-state index in [0.29, 0.717) is 22.2 Å². The largest absolute Gasteiger partial charge is 0.486 e. The van der Waals surface area contributed by atoms with E-state index in [4.69, 9.17) is 18.6 Å². The van der Waals surface area contributed by atoms with Crippen LogP contribution in [0, 0.1) is 10.1 Å². The number of nitrogens with one attached hydrogen (secondary N) is 1. The number of benzene rings is 2. The van der Waals surface area contributed by atoms with E-state index in [1.165, 1.54) is 24.3 Å². The van der Waals surface area contributed by atoms with E-state index < -0.39 is 28.4 Å². The van der Waals surface area contributed by atoms with Crippen molar-refractivity contribution >= 4 is 28.6 Å². The smallest absolute Gasteiger partial charge is 0.339 e. The number of dihydropyridines is 1. The Labute approximate surface area is 222 Å². The summed E-state index contributed by atoms with van der Waals surface area (Å²) in [6.07, 6.45) is 0. The van der Waals surface area contributed by atoms with Gasteiger partial charge < -0.3 is 23.9 Å². The van der Waals surface area contributed by atoms with Crippen LogP contribution in [0.2, 0.25) is 0 Å². The summed E-state index contributed by atoms with van der Waals surface area (Å²) in [5.74, 6) is -2.26. The van der Waals surface area contributed by atoms with Gasteiger partial charge in [0, 0.05) is 17.8 Å². The lowest BCUT2D eigenvalue weighted by atomic mass is 9.80. The molecular formula is C28H26N2O9. The third-order valence-electron chi connectivity index (χ3n) is 6.03. The molecule has 0 aliphatic carbocycles. The first kappa shape index (κ1) is 27.1. The first-order valence-corrected chi connectivity index (χ1v) is 12.2. The van der Waals surface area contributed by atoms with Crippen molar-refractivity contribution in [3.63, 3.8) is 0 Å². The summed E-state index contributed by atoms with van der Waals surface area (Å²) in [7, 11) is 0. The second kappa shape index (κ2) is 11.6. The van der Waals surface area contributed by atoms with Gasteiger partial charge in [0.15, 0.2) is 0 Å². The predicted octanol–water partition coefficient (Wildman–Crippen LogP) is 4.12. The van der Waals surface area contributed by atoms with Crippen molar-refractivity contribution in [2.24, 2.45) is 0 Å². The van der Waals surface area contributed by atoms with Crippen molar-refractivity contribution in [3.05, 3.63) is 103 Å². The number of hydrogen-bond acceptors (Lipinski definition) is 10. The molecule has 0 saturated heterocycles. The van der Waals surface area contributed by atoms with Crippen LogP contribution in [0.4, 0.5) is 5.69 Å². The van der Waals surface area contributed by atoms with Crippen LogP contribution in [-0.2, 0) is 19.1 Å². The van der Waals surface area contributed by atoms with Crippen molar-refractivity contribution < 1.29 is 33.1 Å². The van der Waals surface area contributed by atoms with Gasteiger partial charge in [0.25, 0.3) is 5.69 Å². The molecule has 1 aromatic heterocycles. The van der Waals surface area contributed by atoms with Crippen LogP contribution in [0.3, 0.4) is 0 Å². The molecule has 0 amide bonds. The fourth-order valence-corrected chi connectivity index (χ4v) is 4.44. The fourth-order valence-electron chi connectivity index (χ4n) is 4.44. The van der Waals surface area contributed by atoms with Crippen molar-refractivity contribution in [2.75, 3.05) is 19.8 Å². The highest BCUT2D eigenvalue weighted by molar-refractivity contribution is 6.00. The van der Waals surface area contributed by atoms with Gasteiger partial charge >= 0.3 is 17.6 Å². The second-order valence-corrected chi connectivity index (χ2v) is 8.50. The van der Waals surface area contributed by atoms with Crippen molar-refractivity contribution in [2.45, 2.75) is 26.7 Å². The Bertz CT molecular complexity index is 1570. The number of carbonyl (C=O) groups excluding carboxylic acids is 2. The Balaban J connectivity index is 1.87. The molecule has 3 aromatic rings. The van der Waals surface area contributed by atoms with Crippen LogP contribution in [0.5, 0.6) is 5.75 Å². The standard InChI is InChI=1S/C28H26N2O9/c1-4-36-27(32)24-16(3)29-20(15-38-22-14-23(31)39-21-12-7-6-11-19(21)22)26(28(33)37-5-2)25(24)17-9-8-10-18(13-17)30(34)35/h6-14,25,29H,4-5,15H2,1-3H3. The van der Waals surface area contributed by atoms with Gasteiger partial charge in [-0.05, 0) is 38.5 Å². The maximum absolute atomic E-state index is 13.4. The fraction of sp³-hybridized carbons (Fsp3) is 0.250. The first-order chi connectivity index (χ1) is 18.7. The van der Waals surface area contributed by atoms with Gasteiger partial charge in [-0.3, -0.25) is 10.1 Å². The van der Waals surface area contributed by atoms with Gasteiger partial charge in [0.05, 0.1) is 52.4 Å². The van der Waals surface area contributed by atoms with Gasteiger partial charge in [-0.2, -0.15) is 0 Å². The Hall–Kier alpha value is -4.93. The van der Waals surface area contributed by atoms with Crippen LogP contribution in [0.15, 0.2) is 86.3 Å². The van der Waals surface area contributed by atoms with Crippen LogP contribution >= 0.6 is 0 Å². The number of nitro groups is 1. The second-order valence-electron chi connectivity index (χ2n) is 8.50. The number of nitrogens with zero attached hydrogens (tertiary/aromatic N) is 1. The maximum atomic E-state index is 13.4. The Kier molecular flexibility index (Phi) is 8.09. The molecule has 11 nitrogen and oxygen atoms in total. The average molecular weight is 535 g/mol. The number of non-ortho nitro benzene ring substituents is 1. The molecule has 0 radical (unpaired) electrons. The third-order valence-corrected chi connectivity index (χ3v) is 6.03. The number of rotatable bonds is 9. The number of nitro benzene ring substituents is 1. The quantitative estimate of drug-likeness (QED) is 0.184. The minimum absolute atomic E-state index is 0.0262. The predicted molar refractivity (Wildman–Crippen MR) is 140 cm³/mol. The van der Waals surface area contributed by atoms with E-state index >= 15 is 0 Å². The summed E-state index contributed by atoms with van der Waals surface area (Å²) in [4.78, 5) is 49.5. The normalized spacial score (nSPS) is 15.1. The molecule has 11 heteroatoms. The summed E-state index contributed by atoms with van der Waals surface area (Å²) in [5.41, 5.74) is 0.575. The number of carbonyl (C=O) groups is 2. The molecule has 2 aromatic carbocycles. The zero-order valence-electron chi connectivity index (χ0n) is 21.5. The maximum Gasteiger partial charge on any atom is 0.339 e.